The van der Waals surface area contributed by atoms with Crippen LogP contribution in [0.1, 0.15) is 65.0 Å². The van der Waals surface area contributed by atoms with Crippen molar-refractivity contribution in [3.05, 3.63) is 68.4 Å². The van der Waals surface area contributed by atoms with Crippen LogP contribution in [0.25, 0.3) is 0 Å². The number of amides is 2. The average molecular weight is 626 g/mol. The summed E-state index contributed by atoms with van der Waals surface area (Å²) in [6.45, 7) is 10.5. The van der Waals surface area contributed by atoms with Gasteiger partial charge in [-0.3, -0.25) is 4.79 Å². The summed E-state index contributed by atoms with van der Waals surface area (Å²) in [5.74, 6) is -0.323. The van der Waals surface area contributed by atoms with Crippen molar-refractivity contribution in [2.45, 2.75) is 70.4 Å². The van der Waals surface area contributed by atoms with Gasteiger partial charge < -0.3 is 14.5 Å². The average Bonchev–Trinajstić information content (AvgIpc) is 2.77. The van der Waals surface area contributed by atoms with E-state index < -0.39 is 16.6 Å². The minimum Gasteiger partial charge on any atom is -0.444 e. The normalized spacial score (nSPS) is 16.0. The van der Waals surface area contributed by atoms with Crippen LogP contribution in [-0.4, -0.2) is 47.5 Å². The standard InChI is InChI=1S/C28H35Br2FN2O3/c1-26(2,3)36-25(35)33-13-11-28(12-14-33,19-7-9-23(31)10-8-19)18-24(34)32(6)27(4,5)20-15-21(29)17-22(30)16-20/h7-10,15-17H,11-14,18H2,1-6H3. The van der Waals surface area contributed by atoms with Crippen LogP contribution < -0.4 is 0 Å². The molecule has 0 atom stereocenters. The Bertz CT molecular complexity index is 1080. The van der Waals surface area contributed by atoms with Gasteiger partial charge in [-0.15, -0.1) is 0 Å². The lowest BCUT2D eigenvalue weighted by Crippen LogP contribution is -2.50. The fourth-order valence-corrected chi connectivity index (χ4v) is 5.93. The Hall–Kier alpha value is -1.93. The fourth-order valence-electron chi connectivity index (χ4n) is 4.64. The van der Waals surface area contributed by atoms with E-state index in [1.165, 1.54) is 12.1 Å². The van der Waals surface area contributed by atoms with E-state index >= 15 is 0 Å². The first-order valence-corrected chi connectivity index (χ1v) is 13.7. The molecule has 2 amide bonds. The van der Waals surface area contributed by atoms with E-state index in [-0.39, 0.29) is 24.2 Å². The van der Waals surface area contributed by atoms with Crippen LogP contribution >= 0.6 is 31.9 Å². The Balaban J connectivity index is 1.85. The molecule has 0 bridgehead atoms. The van der Waals surface area contributed by atoms with E-state index in [1.807, 2.05) is 59.9 Å². The van der Waals surface area contributed by atoms with Crippen molar-refractivity contribution in [3.63, 3.8) is 0 Å². The predicted octanol–water partition coefficient (Wildman–Crippen LogP) is 7.40. The largest absolute Gasteiger partial charge is 0.444 e. The molecule has 0 spiro atoms. The maximum atomic E-state index is 13.8. The van der Waals surface area contributed by atoms with Crippen molar-refractivity contribution in [1.82, 2.24) is 9.80 Å². The third kappa shape index (κ3) is 6.68. The molecule has 196 valence electrons. The highest BCUT2D eigenvalue weighted by molar-refractivity contribution is 9.11. The third-order valence-corrected chi connectivity index (χ3v) is 8.02. The number of ether oxygens (including phenoxy) is 1. The number of rotatable bonds is 5. The Morgan fingerprint density at radius 3 is 2.03 bits per heavy atom. The van der Waals surface area contributed by atoms with Crippen LogP contribution in [-0.2, 0) is 20.5 Å². The second-order valence-electron chi connectivity index (χ2n) is 11.1. The van der Waals surface area contributed by atoms with Crippen LogP contribution in [0.2, 0.25) is 0 Å². The molecule has 2 aromatic rings. The Morgan fingerprint density at radius 1 is 1.00 bits per heavy atom. The summed E-state index contributed by atoms with van der Waals surface area (Å²) < 4.78 is 21.2. The Morgan fingerprint density at radius 2 is 1.53 bits per heavy atom. The molecule has 1 heterocycles. The summed E-state index contributed by atoms with van der Waals surface area (Å²) in [6, 6.07) is 12.4. The third-order valence-electron chi connectivity index (χ3n) is 7.10. The summed E-state index contributed by atoms with van der Waals surface area (Å²) in [4.78, 5) is 29.9. The topological polar surface area (TPSA) is 49.9 Å². The molecule has 3 rings (SSSR count). The zero-order chi connectivity index (χ0) is 26.9. The molecule has 5 nitrogen and oxygen atoms in total. The summed E-state index contributed by atoms with van der Waals surface area (Å²) in [5, 5.41) is 0. The molecule has 0 saturated carbocycles. The lowest BCUT2D eigenvalue weighted by atomic mass is 9.70. The number of hydrogen-bond acceptors (Lipinski definition) is 3. The lowest BCUT2D eigenvalue weighted by Gasteiger charge is -2.44. The highest BCUT2D eigenvalue weighted by Gasteiger charge is 2.42. The van der Waals surface area contributed by atoms with E-state index in [2.05, 4.69) is 31.9 Å². The van der Waals surface area contributed by atoms with Crippen LogP contribution in [0.15, 0.2) is 51.4 Å². The van der Waals surface area contributed by atoms with Gasteiger partial charge >= 0.3 is 6.09 Å². The molecule has 1 fully saturated rings. The Kier molecular flexibility index (Phi) is 8.61. The van der Waals surface area contributed by atoms with Crippen molar-refractivity contribution >= 4 is 43.9 Å². The SMILES string of the molecule is CN(C(=O)CC1(c2ccc(F)cc2)CCN(C(=O)OC(C)(C)C)CC1)C(C)(C)c1cc(Br)cc(Br)c1. The van der Waals surface area contributed by atoms with Crippen molar-refractivity contribution in [3.8, 4) is 0 Å². The summed E-state index contributed by atoms with van der Waals surface area (Å²) in [6.07, 6.45) is 1.08. The molecule has 0 radical (unpaired) electrons. The van der Waals surface area contributed by atoms with Crippen LogP contribution in [0.3, 0.4) is 0 Å². The van der Waals surface area contributed by atoms with Crippen molar-refractivity contribution in [2.75, 3.05) is 20.1 Å². The smallest absolute Gasteiger partial charge is 0.410 e. The maximum absolute atomic E-state index is 13.8. The van der Waals surface area contributed by atoms with E-state index in [0.717, 1.165) is 20.1 Å². The van der Waals surface area contributed by atoms with Crippen molar-refractivity contribution in [1.29, 1.82) is 0 Å². The predicted molar refractivity (Wildman–Crippen MR) is 147 cm³/mol. The molecular formula is C28H35Br2FN2O3. The first-order valence-electron chi connectivity index (χ1n) is 12.1. The number of carbonyl (C=O) groups excluding carboxylic acids is 2. The second kappa shape index (κ2) is 10.8. The first kappa shape index (κ1) is 28.6. The quantitative estimate of drug-likeness (QED) is 0.348. The van der Waals surface area contributed by atoms with Crippen LogP contribution in [0.5, 0.6) is 0 Å². The number of likely N-dealkylation sites (tertiary alicyclic amines) is 1. The summed E-state index contributed by atoms with van der Waals surface area (Å²) >= 11 is 7.09. The maximum Gasteiger partial charge on any atom is 0.410 e. The summed E-state index contributed by atoms with van der Waals surface area (Å²) in [5.41, 5.74) is 0.261. The van der Waals surface area contributed by atoms with E-state index in [4.69, 9.17) is 4.74 Å². The van der Waals surface area contributed by atoms with Gasteiger partial charge in [-0.25, -0.2) is 9.18 Å². The zero-order valence-electron chi connectivity index (χ0n) is 21.8. The van der Waals surface area contributed by atoms with Gasteiger partial charge in [-0.05, 0) is 88.9 Å². The molecule has 8 heteroatoms. The van der Waals surface area contributed by atoms with Crippen LogP contribution in [0.4, 0.5) is 9.18 Å². The van der Waals surface area contributed by atoms with Gasteiger partial charge in [0.25, 0.3) is 0 Å². The van der Waals surface area contributed by atoms with Gasteiger partial charge in [0.1, 0.15) is 11.4 Å². The Labute approximate surface area is 230 Å². The number of hydrogen-bond donors (Lipinski definition) is 0. The molecule has 0 aromatic heterocycles. The zero-order valence-corrected chi connectivity index (χ0v) is 25.0. The number of piperidine rings is 1. The fraction of sp³-hybridized carbons (Fsp3) is 0.500. The molecule has 1 aliphatic rings. The molecule has 0 N–H and O–H groups in total. The number of halogens is 3. The van der Waals surface area contributed by atoms with E-state index in [0.29, 0.717) is 25.9 Å². The van der Waals surface area contributed by atoms with Gasteiger partial charge in [0.15, 0.2) is 0 Å². The highest BCUT2D eigenvalue weighted by atomic mass is 79.9. The summed E-state index contributed by atoms with van der Waals surface area (Å²) in [7, 11) is 1.82. The monoisotopic (exact) mass is 624 g/mol. The van der Waals surface area contributed by atoms with Crippen LogP contribution in [0, 0.1) is 5.82 Å². The molecule has 1 aliphatic heterocycles. The second-order valence-corrected chi connectivity index (χ2v) is 12.9. The first-order chi connectivity index (χ1) is 16.6. The van der Waals surface area contributed by atoms with E-state index in [9.17, 15) is 14.0 Å². The molecule has 0 unspecified atom stereocenters. The molecule has 1 saturated heterocycles. The lowest BCUT2D eigenvalue weighted by molar-refractivity contribution is -0.136. The van der Waals surface area contributed by atoms with Gasteiger partial charge in [-0.1, -0.05) is 44.0 Å². The van der Waals surface area contributed by atoms with Gasteiger partial charge in [0.2, 0.25) is 5.91 Å². The number of nitrogens with zero attached hydrogens (tertiary/aromatic N) is 2. The number of benzene rings is 2. The minimum atomic E-state index is -0.575. The van der Waals surface area contributed by atoms with Gasteiger partial charge in [-0.2, -0.15) is 0 Å². The van der Waals surface area contributed by atoms with Crippen molar-refractivity contribution < 1.29 is 18.7 Å². The molecule has 0 aliphatic carbocycles. The molecule has 2 aromatic carbocycles. The molecular weight excluding hydrogens is 591 g/mol. The van der Waals surface area contributed by atoms with Gasteiger partial charge in [0, 0.05) is 40.9 Å². The van der Waals surface area contributed by atoms with Crippen molar-refractivity contribution in [2.24, 2.45) is 0 Å². The van der Waals surface area contributed by atoms with E-state index in [1.54, 1.807) is 21.9 Å². The number of carbonyl (C=O) groups is 2. The van der Waals surface area contributed by atoms with Gasteiger partial charge in [0.05, 0.1) is 5.54 Å². The molecule has 36 heavy (non-hydrogen) atoms. The highest BCUT2D eigenvalue weighted by Crippen LogP contribution is 2.41. The minimum absolute atomic E-state index is 0.00820.